The minimum absolute atomic E-state index is 0.135. The monoisotopic (exact) mass is 219 g/mol. The quantitative estimate of drug-likeness (QED) is 0.846. The standard InChI is InChI=1S/C14H21NO/c1-3-10(4-2)14-9-12(15)11-7-5-6-8-13(11)16-14/h5-8,10,12,14H,3-4,9,15H2,1-2H3. The van der Waals surface area contributed by atoms with E-state index in [0.717, 1.165) is 30.6 Å². The minimum Gasteiger partial charge on any atom is -0.490 e. The molecule has 0 radical (unpaired) electrons. The first kappa shape index (κ1) is 11.5. The van der Waals surface area contributed by atoms with Crippen molar-refractivity contribution in [2.24, 2.45) is 11.7 Å². The van der Waals surface area contributed by atoms with Gasteiger partial charge >= 0.3 is 0 Å². The summed E-state index contributed by atoms with van der Waals surface area (Å²) in [4.78, 5) is 0. The Morgan fingerprint density at radius 2 is 2.00 bits per heavy atom. The Morgan fingerprint density at radius 3 is 2.69 bits per heavy atom. The van der Waals surface area contributed by atoms with Crippen molar-refractivity contribution in [2.45, 2.75) is 45.3 Å². The van der Waals surface area contributed by atoms with Crippen molar-refractivity contribution >= 4 is 0 Å². The molecule has 0 saturated carbocycles. The van der Waals surface area contributed by atoms with E-state index in [2.05, 4.69) is 19.9 Å². The number of rotatable bonds is 3. The summed E-state index contributed by atoms with van der Waals surface area (Å²) in [6, 6.07) is 8.28. The second kappa shape index (κ2) is 4.88. The Bertz CT molecular complexity index is 346. The lowest BCUT2D eigenvalue weighted by atomic mass is 9.87. The molecule has 2 atom stereocenters. The van der Waals surface area contributed by atoms with Gasteiger partial charge in [-0.05, 0) is 24.8 Å². The fourth-order valence-corrected chi connectivity index (χ4v) is 2.59. The van der Waals surface area contributed by atoms with Gasteiger partial charge in [-0.25, -0.2) is 0 Å². The third-order valence-corrected chi connectivity index (χ3v) is 3.66. The van der Waals surface area contributed by atoms with E-state index < -0.39 is 0 Å². The number of para-hydroxylation sites is 1. The molecule has 2 heteroatoms. The van der Waals surface area contributed by atoms with Gasteiger partial charge in [0.15, 0.2) is 0 Å². The zero-order valence-corrected chi connectivity index (χ0v) is 10.1. The maximum absolute atomic E-state index is 6.20. The molecule has 2 unspecified atom stereocenters. The van der Waals surface area contributed by atoms with Crippen molar-refractivity contribution in [3.8, 4) is 5.75 Å². The van der Waals surface area contributed by atoms with Crippen LogP contribution in [0.15, 0.2) is 24.3 Å². The summed E-state index contributed by atoms with van der Waals surface area (Å²) in [7, 11) is 0. The molecular formula is C14H21NO. The van der Waals surface area contributed by atoms with E-state index in [0.29, 0.717) is 12.0 Å². The number of ether oxygens (including phenoxy) is 1. The number of benzene rings is 1. The van der Waals surface area contributed by atoms with Gasteiger partial charge in [0, 0.05) is 18.0 Å². The van der Waals surface area contributed by atoms with E-state index in [-0.39, 0.29) is 6.04 Å². The van der Waals surface area contributed by atoms with Crippen LogP contribution in [-0.4, -0.2) is 6.10 Å². The highest BCUT2D eigenvalue weighted by Crippen LogP contribution is 2.36. The van der Waals surface area contributed by atoms with E-state index in [4.69, 9.17) is 10.5 Å². The summed E-state index contributed by atoms with van der Waals surface area (Å²) >= 11 is 0. The number of hydrogen-bond donors (Lipinski definition) is 1. The van der Waals surface area contributed by atoms with Crippen LogP contribution in [0.4, 0.5) is 0 Å². The molecule has 1 aliphatic rings. The molecular weight excluding hydrogens is 198 g/mol. The predicted molar refractivity (Wildman–Crippen MR) is 66.5 cm³/mol. The van der Waals surface area contributed by atoms with E-state index in [1.807, 2.05) is 18.2 Å². The molecule has 16 heavy (non-hydrogen) atoms. The van der Waals surface area contributed by atoms with Crippen LogP contribution in [0.5, 0.6) is 5.75 Å². The lowest BCUT2D eigenvalue weighted by Gasteiger charge is -2.34. The number of hydrogen-bond acceptors (Lipinski definition) is 2. The maximum atomic E-state index is 6.20. The highest BCUT2D eigenvalue weighted by molar-refractivity contribution is 5.37. The van der Waals surface area contributed by atoms with Gasteiger partial charge in [0.05, 0.1) is 0 Å². The fourth-order valence-electron chi connectivity index (χ4n) is 2.59. The fraction of sp³-hybridized carbons (Fsp3) is 0.571. The Morgan fingerprint density at radius 1 is 1.31 bits per heavy atom. The van der Waals surface area contributed by atoms with Crippen molar-refractivity contribution in [3.63, 3.8) is 0 Å². The van der Waals surface area contributed by atoms with E-state index >= 15 is 0 Å². The molecule has 1 aromatic rings. The third-order valence-electron chi connectivity index (χ3n) is 3.66. The molecule has 0 fully saturated rings. The Labute approximate surface area is 97.8 Å². The highest BCUT2D eigenvalue weighted by atomic mass is 16.5. The van der Waals surface area contributed by atoms with Gasteiger partial charge in [-0.1, -0.05) is 32.0 Å². The first-order chi connectivity index (χ1) is 7.76. The van der Waals surface area contributed by atoms with E-state index in [9.17, 15) is 0 Å². The van der Waals surface area contributed by atoms with Crippen LogP contribution in [0, 0.1) is 5.92 Å². The first-order valence-electron chi connectivity index (χ1n) is 6.27. The zero-order chi connectivity index (χ0) is 11.5. The molecule has 1 heterocycles. The van der Waals surface area contributed by atoms with Crippen LogP contribution in [0.2, 0.25) is 0 Å². The van der Waals surface area contributed by atoms with Crippen LogP contribution in [0.3, 0.4) is 0 Å². The van der Waals surface area contributed by atoms with Crippen LogP contribution in [0.25, 0.3) is 0 Å². The summed E-state index contributed by atoms with van der Waals surface area (Å²) in [5.74, 6) is 1.61. The highest BCUT2D eigenvalue weighted by Gasteiger charge is 2.29. The molecule has 1 aromatic carbocycles. The van der Waals surface area contributed by atoms with Gasteiger partial charge in [-0.3, -0.25) is 0 Å². The molecule has 0 amide bonds. The summed E-state index contributed by atoms with van der Waals surface area (Å²) in [6.45, 7) is 4.45. The number of fused-ring (bicyclic) bond motifs is 1. The zero-order valence-electron chi connectivity index (χ0n) is 10.1. The molecule has 2 rings (SSSR count). The van der Waals surface area contributed by atoms with Crippen LogP contribution >= 0.6 is 0 Å². The Balaban J connectivity index is 2.20. The lowest BCUT2D eigenvalue weighted by molar-refractivity contribution is 0.0944. The average molecular weight is 219 g/mol. The molecule has 1 aliphatic heterocycles. The molecule has 0 aromatic heterocycles. The molecule has 0 bridgehead atoms. The topological polar surface area (TPSA) is 35.2 Å². The van der Waals surface area contributed by atoms with E-state index in [1.165, 1.54) is 0 Å². The number of nitrogens with two attached hydrogens (primary N) is 1. The average Bonchev–Trinajstić information content (AvgIpc) is 2.31. The van der Waals surface area contributed by atoms with Gasteiger partial charge in [-0.15, -0.1) is 0 Å². The van der Waals surface area contributed by atoms with E-state index in [1.54, 1.807) is 0 Å². The van der Waals surface area contributed by atoms with Crippen LogP contribution in [0.1, 0.15) is 44.7 Å². The lowest BCUT2D eigenvalue weighted by Crippen LogP contribution is -2.34. The summed E-state index contributed by atoms with van der Waals surface area (Å²) in [6.07, 6.45) is 3.56. The van der Waals surface area contributed by atoms with Gasteiger partial charge in [0.25, 0.3) is 0 Å². The van der Waals surface area contributed by atoms with Crippen molar-refractivity contribution in [1.29, 1.82) is 0 Å². The third kappa shape index (κ3) is 2.07. The first-order valence-corrected chi connectivity index (χ1v) is 6.27. The van der Waals surface area contributed by atoms with Crippen LogP contribution < -0.4 is 10.5 Å². The second-order valence-electron chi connectivity index (χ2n) is 4.61. The summed E-state index contributed by atoms with van der Waals surface area (Å²) < 4.78 is 6.07. The van der Waals surface area contributed by atoms with Crippen molar-refractivity contribution in [3.05, 3.63) is 29.8 Å². The normalized spacial score (nSPS) is 24.0. The smallest absolute Gasteiger partial charge is 0.124 e. The SMILES string of the molecule is CCC(CC)C1CC(N)c2ccccc2O1. The second-order valence-corrected chi connectivity index (χ2v) is 4.61. The molecule has 0 spiro atoms. The van der Waals surface area contributed by atoms with Gasteiger partial charge in [0.2, 0.25) is 0 Å². The van der Waals surface area contributed by atoms with Gasteiger partial charge in [0.1, 0.15) is 11.9 Å². The van der Waals surface area contributed by atoms with Crippen molar-refractivity contribution in [1.82, 2.24) is 0 Å². The largest absolute Gasteiger partial charge is 0.490 e. The maximum Gasteiger partial charge on any atom is 0.124 e. The van der Waals surface area contributed by atoms with Gasteiger partial charge in [-0.2, -0.15) is 0 Å². The van der Waals surface area contributed by atoms with Crippen molar-refractivity contribution < 1.29 is 4.74 Å². The minimum atomic E-state index is 0.135. The Hall–Kier alpha value is -1.02. The molecule has 0 aliphatic carbocycles. The molecule has 88 valence electrons. The van der Waals surface area contributed by atoms with Crippen LogP contribution in [-0.2, 0) is 0 Å². The summed E-state index contributed by atoms with van der Waals surface area (Å²) in [5.41, 5.74) is 7.36. The molecule has 0 saturated heterocycles. The van der Waals surface area contributed by atoms with Gasteiger partial charge < -0.3 is 10.5 Å². The summed E-state index contributed by atoms with van der Waals surface area (Å²) in [5, 5.41) is 0. The molecule has 2 N–H and O–H groups in total. The molecule has 2 nitrogen and oxygen atoms in total. The van der Waals surface area contributed by atoms with Crippen molar-refractivity contribution in [2.75, 3.05) is 0 Å². The predicted octanol–water partition coefficient (Wildman–Crippen LogP) is 3.27. The Kier molecular flexibility index (Phi) is 3.49.